The summed E-state index contributed by atoms with van der Waals surface area (Å²) in [5.41, 5.74) is 0. The molecule has 67 heavy (non-hydrogen) atoms. The lowest BCUT2D eigenvalue weighted by atomic mass is 10.0. The zero-order valence-electron chi connectivity index (χ0n) is 45.2. The molecule has 0 rings (SSSR count). The molecule has 3 atom stereocenters. The van der Waals surface area contributed by atoms with Crippen LogP contribution in [0, 0.1) is 0 Å². The lowest BCUT2D eigenvalue weighted by Crippen LogP contribution is -2.46. The van der Waals surface area contributed by atoms with E-state index in [0.717, 1.165) is 77.0 Å². The number of phosphoric ester groups is 1. The molecule has 0 aromatic rings. The number of amides is 1. The SMILES string of the molecule is CC/C=C\C/C=C\C/C=C\CCCCCCCC(=O)NC(COP(=O)(O)OCC[N+](C)(C)C)C(O)CCCCCCCCCCCCCCCCCCCCCCCCCCCCCCCC. The Hall–Kier alpha value is -1.28. The van der Waals surface area contributed by atoms with Crippen LogP contribution in [0.5, 0.6) is 0 Å². The number of aliphatic hydroxyl groups excluding tert-OH is 1. The maximum Gasteiger partial charge on any atom is 0.472 e. The minimum Gasteiger partial charge on any atom is -0.391 e. The van der Waals surface area contributed by atoms with E-state index >= 15 is 0 Å². The van der Waals surface area contributed by atoms with Crippen molar-refractivity contribution in [1.29, 1.82) is 0 Å². The smallest absolute Gasteiger partial charge is 0.391 e. The van der Waals surface area contributed by atoms with E-state index in [1.165, 1.54) is 173 Å². The van der Waals surface area contributed by atoms with Crippen molar-refractivity contribution in [2.24, 2.45) is 0 Å². The summed E-state index contributed by atoms with van der Waals surface area (Å²) in [6.07, 6.45) is 63.6. The van der Waals surface area contributed by atoms with Gasteiger partial charge in [0, 0.05) is 6.42 Å². The summed E-state index contributed by atoms with van der Waals surface area (Å²) in [6, 6.07) is -0.770. The third-order valence-electron chi connectivity index (χ3n) is 13.2. The Morgan fingerprint density at radius 2 is 0.896 bits per heavy atom. The van der Waals surface area contributed by atoms with Crippen molar-refractivity contribution in [1.82, 2.24) is 5.32 Å². The molecule has 0 saturated heterocycles. The quantitative estimate of drug-likeness (QED) is 0.0243. The van der Waals surface area contributed by atoms with Gasteiger partial charge < -0.3 is 19.8 Å². The topological polar surface area (TPSA) is 105 Å². The van der Waals surface area contributed by atoms with Crippen molar-refractivity contribution in [3.63, 3.8) is 0 Å². The van der Waals surface area contributed by atoms with Gasteiger partial charge >= 0.3 is 7.82 Å². The number of carbonyl (C=O) groups is 1. The molecule has 1 amide bonds. The van der Waals surface area contributed by atoms with E-state index in [4.69, 9.17) is 9.05 Å². The van der Waals surface area contributed by atoms with E-state index in [1.807, 2.05) is 21.1 Å². The summed E-state index contributed by atoms with van der Waals surface area (Å²) < 4.78 is 23.7. The van der Waals surface area contributed by atoms with Crippen LogP contribution in [0.4, 0.5) is 0 Å². The van der Waals surface area contributed by atoms with E-state index in [-0.39, 0.29) is 19.1 Å². The average Bonchev–Trinajstić information content (AvgIpc) is 3.29. The Bertz CT molecular complexity index is 1190. The molecule has 0 radical (unpaired) electrons. The molecular formula is C58H114N2O6P+. The van der Waals surface area contributed by atoms with Crippen molar-refractivity contribution in [3.8, 4) is 0 Å². The molecule has 8 nitrogen and oxygen atoms in total. The first-order chi connectivity index (χ1) is 32.5. The fraction of sp³-hybridized carbons (Fsp3) is 0.879. The molecule has 3 unspecified atom stereocenters. The van der Waals surface area contributed by atoms with E-state index in [2.05, 4.69) is 55.6 Å². The van der Waals surface area contributed by atoms with Gasteiger partial charge in [-0.25, -0.2) is 4.57 Å². The molecule has 0 heterocycles. The highest BCUT2D eigenvalue weighted by molar-refractivity contribution is 7.47. The van der Waals surface area contributed by atoms with Crippen molar-refractivity contribution in [3.05, 3.63) is 36.5 Å². The van der Waals surface area contributed by atoms with Gasteiger partial charge in [0.2, 0.25) is 5.91 Å². The molecule has 9 heteroatoms. The molecule has 0 aliphatic rings. The number of phosphoric acid groups is 1. The van der Waals surface area contributed by atoms with Crippen LogP contribution in [0.2, 0.25) is 0 Å². The number of nitrogens with zero attached hydrogens (tertiary/aromatic N) is 1. The number of quaternary nitrogens is 1. The maximum atomic E-state index is 12.9. The first-order valence-corrected chi connectivity index (χ1v) is 30.3. The van der Waals surface area contributed by atoms with Gasteiger partial charge in [-0.3, -0.25) is 13.8 Å². The van der Waals surface area contributed by atoms with Gasteiger partial charge in [0.25, 0.3) is 0 Å². The molecule has 0 bridgehead atoms. The molecule has 0 aliphatic heterocycles. The van der Waals surface area contributed by atoms with Crippen molar-refractivity contribution >= 4 is 13.7 Å². The second-order valence-corrected chi connectivity index (χ2v) is 22.4. The standard InChI is InChI=1S/C58H113N2O6P/c1-6-8-10-12-14-16-18-20-22-23-24-25-26-27-28-29-30-31-32-33-34-35-36-38-39-41-43-45-47-49-51-57(61)56(55-66-67(63,64)65-54-53-60(3,4)5)59-58(62)52-50-48-46-44-42-40-37-21-19-17-15-13-11-9-7-2/h9,11,15,17,21,37,56-57,61H,6-8,10,12-14,16,18-20,22-36,38-55H2,1-5H3,(H-,59,62,63,64)/p+1/b11-9-,17-15-,37-21-. The number of nitrogens with one attached hydrogen (secondary N) is 1. The van der Waals surface area contributed by atoms with Crippen LogP contribution in [-0.2, 0) is 18.4 Å². The molecule has 0 saturated carbocycles. The zero-order chi connectivity index (χ0) is 49.2. The Kier molecular flexibility index (Phi) is 48.7. The number of hydrogen-bond acceptors (Lipinski definition) is 5. The molecule has 0 fully saturated rings. The molecule has 0 spiro atoms. The highest BCUT2D eigenvalue weighted by Gasteiger charge is 2.28. The fourth-order valence-electron chi connectivity index (χ4n) is 8.65. The Morgan fingerprint density at radius 3 is 1.31 bits per heavy atom. The second-order valence-electron chi connectivity index (χ2n) is 21.0. The third-order valence-corrected chi connectivity index (χ3v) is 14.1. The van der Waals surface area contributed by atoms with Crippen molar-refractivity contribution in [2.75, 3.05) is 40.9 Å². The first-order valence-electron chi connectivity index (χ1n) is 28.9. The highest BCUT2D eigenvalue weighted by atomic mass is 31.2. The fourth-order valence-corrected chi connectivity index (χ4v) is 9.39. The Morgan fingerprint density at radius 1 is 0.522 bits per heavy atom. The number of hydrogen-bond donors (Lipinski definition) is 3. The number of aliphatic hydroxyl groups is 1. The van der Waals surface area contributed by atoms with Crippen LogP contribution in [-0.4, -0.2) is 73.4 Å². The highest BCUT2D eigenvalue weighted by Crippen LogP contribution is 2.43. The third kappa shape index (κ3) is 52.4. The van der Waals surface area contributed by atoms with E-state index < -0.39 is 20.0 Å². The van der Waals surface area contributed by atoms with Gasteiger partial charge in [0.1, 0.15) is 13.2 Å². The van der Waals surface area contributed by atoms with Crippen LogP contribution < -0.4 is 5.32 Å². The van der Waals surface area contributed by atoms with E-state index in [9.17, 15) is 19.4 Å². The predicted octanol–water partition coefficient (Wildman–Crippen LogP) is 17.4. The van der Waals surface area contributed by atoms with E-state index in [0.29, 0.717) is 23.9 Å². The zero-order valence-corrected chi connectivity index (χ0v) is 46.0. The predicted molar refractivity (Wildman–Crippen MR) is 291 cm³/mol. The minimum absolute atomic E-state index is 0.0708. The number of unbranched alkanes of at least 4 members (excludes halogenated alkanes) is 34. The minimum atomic E-state index is -4.33. The number of carbonyl (C=O) groups excluding carboxylic acids is 1. The lowest BCUT2D eigenvalue weighted by molar-refractivity contribution is -0.870. The molecule has 0 aliphatic carbocycles. The lowest BCUT2D eigenvalue weighted by Gasteiger charge is -2.26. The number of allylic oxidation sites excluding steroid dienone is 6. The number of rotatable bonds is 53. The van der Waals surface area contributed by atoms with E-state index in [1.54, 1.807) is 0 Å². The monoisotopic (exact) mass is 966 g/mol. The Balaban J connectivity index is 4.06. The van der Waals surface area contributed by atoms with Crippen LogP contribution in [0.3, 0.4) is 0 Å². The largest absolute Gasteiger partial charge is 0.472 e. The van der Waals surface area contributed by atoms with Gasteiger partial charge in [-0.2, -0.15) is 0 Å². The van der Waals surface area contributed by atoms with Gasteiger partial charge in [0.05, 0.1) is 39.9 Å². The molecule has 3 N–H and O–H groups in total. The summed E-state index contributed by atoms with van der Waals surface area (Å²) in [5, 5.41) is 14.0. The second kappa shape index (κ2) is 49.7. The van der Waals surface area contributed by atoms with Crippen LogP contribution in [0.25, 0.3) is 0 Å². The summed E-state index contributed by atoms with van der Waals surface area (Å²) in [4.78, 5) is 23.3. The Labute approximate surface area is 417 Å². The summed E-state index contributed by atoms with van der Waals surface area (Å²) in [5.74, 6) is -0.159. The summed E-state index contributed by atoms with van der Waals surface area (Å²) >= 11 is 0. The van der Waals surface area contributed by atoms with Crippen LogP contribution in [0.15, 0.2) is 36.5 Å². The maximum absolute atomic E-state index is 12.9. The van der Waals surface area contributed by atoms with Crippen molar-refractivity contribution < 1.29 is 32.9 Å². The summed E-state index contributed by atoms with van der Waals surface area (Å²) in [7, 11) is 1.61. The normalized spacial score (nSPS) is 14.2. The van der Waals surface area contributed by atoms with Crippen LogP contribution >= 0.6 is 7.82 Å². The number of likely N-dealkylation sites (N-methyl/N-ethyl adjacent to an activating group) is 1. The molecular weight excluding hydrogens is 852 g/mol. The molecule has 0 aromatic carbocycles. The van der Waals surface area contributed by atoms with Gasteiger partial charge in [-0.1, -0.05) is 262 Å². The first kappa shape index (κ1) is 65.7. The average molecular weight is 967 g/mol. The molecule has 396 valence electrons. The summed E-state index contributed by atoms with van der Waals surface area (Å²) in [6.45, 7) is 4.79. The van der Waals surface area contributed by atoms with Crippen LogP contribution in [0.1, 0.15) is 277 Å². The van der Waals surface area contributed by atoms with Crippen molar-refractivity contribution in [2.45, 2.75) is 289 Å². The molecule has 0 aromatic heterocycles. The van der Waals surface area contributed by atoms with Gasteiger partial charge in [0.15, 0.2) is 0 Å². The van der Waals surface area contributed by atoms with Gasteiger partial charge in [-0.05, 0) is 44.9 Å². The van der Waals surface area contributed by atoms with Gasteiger partial charge in [-0.15, -0.1) is 0 Å².